The van der Waals surface area contributed by atoms with Crippen molar-refractivity contribution in [1.29, 1.82) is 0 Å². The number of thioether (sulfide) groups is 1. The average Bonchev–Trinajstić information content (AvgIpc) is 2.51. The number of nitrogens with zero attached hydrogens (tertiary/aromatic N) is 2. The third-order valence-corrected chi connectivity index (χ3v) is 4.49. The van der Waals surface area contributed by atoms with E-state index < -0.39 is 5.97 Å². The van der Waals surface area contributed by atoms with Crippen LogP contribution in [0, 0.1) is 0 Å². The third-order valence-electron chi connectivity index (χ3n) is 3.46. The van der Waals surface area contributed by atoms with Crippen LogP contribution in [0.2, 0.25) is 0 Å². The molecule has 1 N–H and O–H groups in total. The Morgan fingerprint density at radius 3 is 2.67 bits per heavy atom. The van der Waals surface area contributed by atoms with Crippen LogP contribution in [0.15, 0.2) is 35.2 Å². The van der Waals surface area contributed by atoms with Gasteiger partial charge in [0, 0.05) is 22.6 Å². The summed E-state index contributed by atoms with van der Waals surface area (Å²) in [6.45, 7) is 7.37. The van der Waals surface area contributed by atoms with Gasteiger partial charge in [0.15, 0.2) is 0 Å². The predicted molar refractivity (Wildman–Crippen MR) is 87.2 cm³/mol. The number of carbonyl (C=O) groups is 1. The Labute approximate surface area is 129 Å². The van der Waals surface area contributed by atoms with E-state index >= 15 is 0 Å². The van der Waals surface area contributed by atoms with Crippen molar-refractivity contribution in [3.05, 3.63) is 36.0 Å². The van der Waals surface area contributed by atoms with Gasteiger partial charge in [-0.05, 0) is 25.2 Å². The topological polar surface area (TPSA) is 53.4 Å². The Hall–Kier alpha value is -1.59. The minimum Gasteiger partial charge on any atom is -0.477 e. The second-order valence-corrected chi connectivity index (χ2v) is 5.84. The first-order valence-electron chi connectivity index (χ1n) is 7.14. The molecule has 0 bridgehead atoms. The highest BCUT2D eigenvalue weighted by Crippen LogP contribution is 2.28. The van der Waals surface area contributed by atoms with Gasteiger partial charge in [-0.15, -0.1) is 11.8 Å². The number of aromatic nitrogens is 1. The van der Waals surface area contributed by atoms with Gasteiger partial charge in [0.05, 0.1) is 5.52 Å². The van der Waals surface area contributed by atoms with Crippen molar-refractivity contribution in [1.82, 2.24) is 9.88 Å². The summed E-state index contributed by atoms with van der Waals surface area (Å²) >= 11 is 1.70. The minimum absolute atomic E-state index is 0.110. The van der Waals surface area contributed by atoms with Gasteiger partial charge in [-0.2, -0.15) is 0 Å². The lowest BCUT2D eigenvalue weighted by Gasteiger charge is -2.17. The Morgan fingerprint density at radius 2 is 2.00 bits per heavy atom. The van der Waals surface area contributed by atoms with Gasteiger partial charge in [-0.1, -0.05) is 32.0 Å². The van der Waals surface area contributed by atoms with E-state index in [0.29, 0.717) is 0 Å². The largest absolute Gasteiger partial charge is 0.477 e. The molecule has 0 atom stereocenters. The summed E-state index contributed by atoms with van der Waals surface area (Å²) in [4.78, 5) is 18.7. The molecular weight excluding hydrogens is 284 g/mol. The van der Waals surface area contributed by atoms with E-state index in [1.807, 2.05) is 24.3 Å². The van der Waals surface area contributed by atoms with Crippen molar-refractivity contribution in [2.24, 2.45) is 0 Å². The number of benzene rings is 1. The Bertz CT molecular complexity index is 627. The van der Waals surface area contributed by atoms with Gasteiger partial charge < -0.3 is 10.0 Å². The summed E-state index contributed by atoms with van der Waals surface area (Å²) < 4.78 is 0. The summed E-state index contributed by atoms with van der Waals surface area (Å²) in [6.07, 6.45) is 0. The zero-order valence-corrected chi connectivity index (χ0v) is 13.2. The smallest absolute Gasteiger partial charge is 0.354 e. The zero-order valence-electron chi connectivity index (χ0n) is 12.4. The van der Waals surface area contributed by atoms with Crippen LogP contribution in [-0.2, 0) is 0 Å². The molecule has 2 rings (SSSR count). The van der Waals surface area contributed by atoms with Crippen molar-refractivity contribution in [3.8, 4) is 0 Å². The molecule has 0 unspecified atom stereocenters. The van der Waals surface area contributed by atoms with Crippen LogP contribution in [0.3, 0.4) is 0 Å². The molecule has 4 nitrogen and oxygen atoms in total. The molecule has 5 heteroatoms. The van der Waals surface area contributed by atoms with E-state index in [2.05, 4.69) is 23.7 Å². The molecule has 1 heterocycles. The van der Waals surface area contributed by atoms with Crippen molar-refractivity contribution in [2.75, 3.05) is 25.4 Å². The van der Waals surface area contributed by atoms with Crippen LogP contribution in [0.4, 0.5) is 0 Å². The summed E-state index contributed by atoms with van der Waals surface area (Å²) in [5.41, 5.74) is 0.849. The molecule has 1 aromatic heterocycles. The van der Waals surface area contributed by atoms with Crippen molar-refractivity contribution in [3.63, 3.8) is 0 Å². The van der Waals surface area contributed by atoms with E-state index in [-0.39, 0.29) is 5.69 Å². The number of aromatic carboxylic acids is 1. The second-order valence-electron chi connectivity index (χ2n) is 4.70. The summed E-state index contributed by atoms with van der Waals surface area (Å²) in [7, 11) is 0. The standard InChI is InChI=1S/C16H20N2O2S/c1-3-18(4-2)9-10-21-15-11-14(16(19)20)17-13-8-6-5-7-12(13)15/h5-8,11H,3-4,9-10H2,1-2H3,(H,19,20). The molecule has 0 saturated carbocycles. The van der Waals surface area contributed by atoms with Crippen LogP contribution in [-0.4, -0.2) is 46.3 Å². The highest BCUT2D eigenvalue weighted by atomic mass is 32.2. The lowest BCUT2D eigenvalue weighted by molar-refractivity contribution is 0.0690. The van der Waals surface area contributed by atoms with Gasteiger partial charge in [0.1, 0.15) is 5.69 Å². The number of carboxylic acids is 1. The first-order chi connectivity index (χ1) is 10.2. The molecule has 0 radical (unpaired) electrons. The number of pyridine rings is 1. The maximum atomic E-state index is 11.2. The molecule has 0 saturated heterocycles. The Balaban J connectivity index is 2.23. The summed E-state index contributed by atoms with van der Waals surface area (Å²) in [5, 5.41) is 10.2. The number of para-hydroxylation sites is 1. The fourth-order valence-electron chi connectivity index (χ4n) is 2.20. The lowest BCUT2D eigenvalue weighted by Crippen LogP contribution is -2.25. The van der Waals surface area contributed by atoms with E-state index in [9.17, 15) is 9.90 Å². The lowest BCUT2D eigenvalue weighted by atomic mass is 10.2. The molecule has 2 aromatic rings. The zero-order chi connectivity index (χ0) is 15.2. The summed E-state index contributed by atoms with van der Waals surface area (Å²) in [5.74, 6) is -0.0410. The molecular formula is C16H20N2O2S. The van der Waals surface area contributed by atoms with E-state index in [1.165, 1.54) is 0 Å². The van der Waals surface area contributed by atoms with Crippen molar-refractivity contribution < 1.29 is 9.90 Å². The third kappa shape index (κ3) is 3.95. The van der Waals surface area contributed by atoms with E-state index in [4.69, 9.17) is 0 Å². The first-order valence-corrected chi connectivity index (χ1v) is 8.12. The molecule has 1 aromatic carbocycles. The number of hydrogen-bond donors (Lipinski definition) is 1. The van der Waals surface area contributed by atoms with Crippen LogP contribution >= 0.6 is 11.8 Å². The van der Waals surface area contributed by atoms with Crippen molar-refractivity contribution in [2.45, 2.75) is 18.7 Å². The predicted octanol–water partition coefficient (Wildman–Crippen LogP) is 3.37. The number of hydrogen-bond acceptors (Lipinski definition) is 4. The van der Waals surface area contributed by atoms with Crippen molar-refractivity contribution >= 4 is 28.6 Å². The molecule has 0 aliphatic heterocycles. The molecule has 112 valence electrons. The molecule has 0 amide bonds. The van der Waals surface area contributed by atoms with Gasteiger partial charge in [-0.3, -0.25) is 0 Å². The highest BCUT2D eigenvalue weighted by molar-refractivity contribution is 7.99. The minimum atomic E-state index is -0.980. The van der Waals surface area contributed by atoms with Gasteiger partial charge in [-0.25, -0.2) is 9.78 Å². The normalized spacial score (nSPS) is 11.2. The van der Waals surface area contributed by atoms with Crippen LogP contribution < -0.4 is 0 Å². The van der Waals surface area contributed by atoms with E-state index in [0.717, 1.165) is 41.2 Å². The molecule has 0 aliphatic carbocycles. The maximum Gasteiger partial charge on any atom is 0.354 e. The van der Waals surface area contributed by atoms with Gasteiger partial charge >= 0.3 is 5.97 Å². The molecule has 0 fully saturated rings. The molecule has 0 aliphatic rings. The average molecular weight is 304 g/mol. The fourth-order valence-corrected chi connectivity index (χ4v) is 3.29. The molecule has 21 heavy (non-hydrogen) atoms. The first kappa shape index (κ1) is 15.8. The Kier molecular flexibility index (Phi) is 5.59. The van der Waals surface area contributed by atoms with E-state index in [1.54, 1.807) is 17.8 Å². The van der Waals surface area contributed by atoms with Gasteiger partial charge in [0.25, 0.3) is 0 Å². The van der Waals surface area contributed by atoms with Crippen LogP contribution in [0.5, 0.6) is 0 Å². The Morgan fingerprint density at radius 1 is 1.29 bits per heavy atom. The molecule has 0 spiro atoms. The fraction of sp³-hybridized carbons (Fsp3) is 0.375. The van der Waals surface area contributed by atoms with Crippen LogP contribution in [0.1, 0.15) is 24.3 Å². The number of rotatable bonds is 7. The van der Waals surface area contributed by atoms with Crippen LogP contribution in [0.25, 0.3) is 10.9 Å². The maximum absolute atomic E-state index is 11.2. The monoisotopic (exact) mass is 304 g/mol. The van der Waals surface area contributed by atoms with Gasteiger partial charge in [0.2, 0.25) is 0 Å². The second kappa shape index (κ2) is 7.43. The number of carboxylic acid groups (broad SMARTS) is 1. The summed E-state index contributed by atoms with van der Waals surface area (Å²) in [6, 6.07) is 9.37. The highest BCUT2D eigenvalue weighted by Gasteiger charge is 2.11. The SMILES string of the molecule is CCN(CC)CCSc1cc(C(=O)O)nc2ccccc12. The quantitative estimate of drug-likeness (QED) is 0.795. The number of fused-ring (bicyclic) bond motifs is 1.